The third-order valence-electron chi connectivity index (χ3n) is 3.56. The van der Waals surface area contributed by atoms with Crippen LogP contribution in [0.1, 0.15) is 34.6 Å². The number of carboxylic acids is 1. The van der Waals surface area contributed by atoms with Gasteiger partial charge < -0.3 is 31.9 Å². The third kappa shape index (κ3) is 7.48. The van der Waals surface area contributed by atoms with Crippen LogP contribution in [0.2, 0.25) is 0 Å². The number of carbonyl (C=O) groups excluding carboxylic acids is 3. The van der Waals surface area contributed by atoms with Crippen molar-refractivity contribution >= 4 is 23.7 Å². The highest BCUT2D eigenvalue weighted by Crippen LogP contribution is 2.02. The quantitative estimate of drug-likeness (QED) is 0.274. The summed E-state index contributed by atoms with van der Waals surface area (Å²) < 4.78 is 0. The minimum atomic E-state index is -1.18. The predicted molar refractivity (Wildman–Crippen MR) is 89.3 cm³/mol. The van der Waals surface area contributed by atoms with E-state index in [0.29, 0.717) is 0 Å². The SMILES string of the molecule is CC(NC(=O)C(C)NC(=O)C(N)C(C)O)C(=O)NC(C(=O)O)C(C)C. The summed E-state index contributed by atoms with van der Waals surface area (Å²) >= 11 is 0. The average molecular weight is 360 g/mol. The normalized spacial score (nSPS) is 17.0. The van der Waals surface area contributed by atoms with E-state index in [4.69, 9.17) is 10.8 Å². The van der Waals surface area contributed by atoms with E-state index < -0.39 is 54.0 Å². The van der Waals surface area contributed by atoms with E-state index in [1.165, 1.54) is 20.8 Å². The topological polar surface area (TPSA) is 171 Å². The molecule has 5 unspecified atom stereocenters. The molecule has 0 saturated heterocycles. The van der Waals surface area contributed by atoms with Crippen molar-refractivity contribution in [2.45, 2.75) is 64.9 Å². The number of aliphatic hydroxyl groups excluding tert-OH is 1. The number of hydrogen-bond acceptors (Lipinski definition) is 6. The van der Waals surface area contributed by atoms with Gasteiger partial charge in [-0.25, -0.2) is 4.79 Å². The summed E-state index contributed by atoms with van der Waals surface area (Å²) in [5.74, 6) is -3.52. The first-order valence-corrected chi connectivity index (χ1v) is 7.96. The highest BCUT2D eigenvalue weighted by atomic mass is 16.4. The van der Waals surface area contributed by atoms with Gasteiger partial charge in [0.25, 0.3) is 0 Å². The van der Waals surface area contributed by atoms with Crippen molar-refractivity contribution in [2.24, 2.45) is 11.7 Å². The highest BCUT2D eigenvalue weighted by molar-refractivity contribution is 5.93. The van der Waals surface area contributed by atoms with Gasteiger partial charge >= 0.3 is 5.97 Å². The van der Waals surface area contributed by atoms with Crippen molar-refractivity contribution in [3.05, 3.63) is 0 Å². The third-order valence-corrected chi connectivity index (χ3v) is 3.56. The molecule has 0 aliphatic carbocycles. The molecule has 0 aromatic heterocycles. The summed E-state index contributed by atoms with van der Waals surface area (Å²) in [5.41, 5.74) is 5.46. The number of rotatable bonds is 9. The molecule has 0 bridgehead atoms. The van der Waals surface area contributed by atoms with Crippen molar-refractivity contribution < 1.29 is 29.4 Å². The number of aliphatic hydroxyl groups is 1. The Labute approximate surface area is 146 Å². The molecule has 0 radical (unpaired) electrons. The van der Waals surface area contributed by atoms with Crippen molar-refractivity contribution in [3.63, 3.8) is 0 Å². The second kappa shape index (κ2) is 9.94. The number of nitrogens with one attached hydrogen (secondary N) is 3. The van der Waals surface area contributed by atoms with Crippen LogP contribution in [0.25, 0.3) is 0 Å². The number of carboxylic acid groups (broad SMARTS) is 1. The van der Waals surface area contributed by atoms with Crippen LogP contribution in [0, 0.1) is 5.92 Å². The lowest BCUT2D eigenvalue weighted by atomic mass is 10.0. The van der Waals surface area contributed by atoms with Gasteiger partial charge in [-0.1, -0.05) is 13.8 Å². The largest absolute Gasteiger partial charge is 0.480 e. The van der Waals surface area contributed by atoms with Gasteiger partial charge in [0.15, 0.2) is 0 Å². The maximum absolute atomic E-state index is 12.0. The molecule has 0 spiro atoms. The molecule has 0 fully saturated rings. The Morgan fingerprint density at radius 2 is 1.20 bits per heavy atom. The van der Waals surface area contributed by atoms with Crippen molar-refractivity contribution in [1.82, 2.24) is 16.0 Å². The zero-order chi connectivity index (χ0) is 19.9. The van der Waals surface area contributed by atoms with Crippen LogP contribution < -0.4 is 21.7 Å². The minimum absolute atomic E-state index is 0.329. The summed E-state index contributed by atoms with van der Waals surface area (Å²) in [6, 6.07) is -4.25. The van der Waals surface area contributed by atoms with E-state index in [9.17, 15) is 24.3 Å². The second-order valence-corrected chi connectivity index (χ2v) is 6.30. The summed E-state index contributed by atoms with van der Waals surface area (Å²) in [7, 11) is 0. The average Bonchev–Trinajstić information content (AvgIpc) is 2.50. The van der Waals surface area contributed by atoms with Crippen molar-refractivity contribution in [2.75, 3.05) is 0 Å². The van der Waals surface area contributed by atoms with Crippen LogP contribution >= 0.6 is 0 Å². The molecular formula is C15H28N4O6. The molecule has 10 nitrogen and oxygen atoms in total. The molecule has 10 heteroatoms. The number of hydrogen-bond donors (Lipinski definition) is 6. The maximum Gasteiger partial charge on any atom is 0.326 e. The molecule has 3 amide bonds. The molecule has 0 saturated carbocycles. The molecule has 0 rings (SSSR count). The predicted octanol–water partition coefficient (Wildman–Crippen LogP) is -2.07. The zero-order valence-electron chi connectivity index (χ0n) is 15.1. The Morgan fingerprint density at radius 3 is 1.56 bits per heavy atom. The van der Waals surface area contributed by atoms with E-state index in [-0.39, 0.29) is 5.92 Å². The molecule has 0 aromatic rings. The Kier molecular flexibility index (Phi) is 9.07. The smallest absolute Gasteiger partial charge is 0.326 e. The van der Waals surface area contributed by atoms with Crippen LogP contribution in [-0.4, -0.2) is 64.2 Å². The van der Waals surface area contributed by atoms with Gasteiger partial charge in [0, 0.05) is 0 Å². The van der Waals surface area contributed by atoms with Crippen LogP contribution in [0.5, 0.6) is 0 Å². The fourth-order valence-electron chi connectivity index (χ4n) is 1.79. The van der Waals surface area contributed by atoms with Gasteiger partial charge in [-0.15, -0.1) is 0 Å². The van der Waals surface area contributed by atoms with Crippen LogP contribution in [0.3, 0.4) is 0 Å². The van der Waals surface area contributed by atoms with E-state index in [2.05, 4.69) is 16.0 Å². The molecule has 25 heavy (non-hydrogen) atoms. The standard InChI is InChI=1S/C15H28N4O6/c1-6(2)11(15(24)25)19-13(22)8(4)17-12(21)7(3)18-14(23)10(16)9(5)20/h6-11,20H,16H2,1-5H3,(H,17,21)(H,18,23)(H,19,22)(H,24,25). The highest BCUT2D eigenvalue weighted by Gasteiger charge is 2.28. The Morgan fingerprint density at radius 1 is 0.800 bits per heavy atom. The van der Waals surface area contributed by atoms with Gasteiger partial charge in [-0.2, -0.15) is 0 Å². The molecular weight excluding hydrogens is 332 g/mol. The van der Waals surface area contributed by atoms with Crippen LogP contribution in [0.15, 0.2) is 0 Å². The van der Waals surface area contributed by atoms with Crippen LogP contribution in [0.4, 0.5) is 0 Å². The lowest BCUT2D eigenvalue weighted by Gasteiger charge is -2.23. The Bertz CT molecular complexity index is 508. The molecule has 5 atom stereocenters. The molecule has 144 valence electrons. The zero-order valence-corrected chi connectivity index (χ0v) is 15.1. The molecule has 0 aliphatic heterocycles. The lowest BCUT2D eigenvalue weighted by molar-refractivity contribution is -0.143. The number of nitrogens with two attached hydrogens (primary N) is 1. The number of carbonyl (C=O) groups is 4. The van der Waals surface area contributed by atoms with Gasteiger partial charge in [-0.05, 0) is 26.7 Å². The summed E-state index contributed by atoms with van der Waals surface area (Å²) in [6.07, 6.45) is -1.08. The molecule has 7 N–H and O–H groups in total. The van der Waals surface area contributed by atoms with Crippen molar-refractivity contribution in [1.29, 1.82) is 0 Å². The van der Waals surface area contributed by atoms with Gasteiger partial charge in [0.05, 0.1) is 6.10 Å². The second-order valence-electron chi connectivity index (χ2n) is 6.30. The van der Waals surface area contributed by atoms with Crippen LogP contribution in [-0.2, 0) is 19.2 Å². The lowest BCUT2D eigenvalue weighted by Crippen LogP contribution is -2.57. The van der Waals surface area contributed by atoms with E-state index >= 15 is 0 Å². The molecule has 0 heterocycles. The first-order valence-electron chi connectivity index (χ1n) is 7.96. The van der Waals surface area contributed by atoms with Crippen molar-refractivity contribution in [3.8, 4) is 0 Å². The number of amides is 3. The van der Waals surface area contributed by atoms with Gasteiger partial charge in [0.2, 0.25) is 17.7 Å². The fraction of sp³-hybridized carbons (Fsp3) is 0.733. The molecule has 0 aliphatic rings. The monoisotopic (exact) mass is 360 g/mol. The first-order chi connectivity index (χ1) is 11.4. The van der Waals surface area contributed by atoms with Gasteiger partial charge in [-0.3, -0.25) is 14.4 Å². The number of aliphatic carboxylic acids is 1. The summed E-state index contributed by atoms with van der Waals surface area (Å²) in [4.78, 5) is 46.8. The summed E-state index contributed by atoms with van der Waals surface area (Å²) in [6.45, 7) is 7.41. The van der Waals surface area contributed by atoms with E-state index in [0.717, 1.165) is 0 Å². The van der Waals surface area contributed by atoms with Gasteiger partial charge in [0.1, 0.15) is 24.2 Å². The summed E-state index contributed by atoms with van der Waals surface area (Å²) in [5, 5.41) is 25.3. The fourth-order valence-corrected chi connectivity index (χ4v) is 1.79. The Balaban J connectivity index is 4.65. The van der Waals surface area contributed by atoms with E-state index in [1.54, 1.807) is 13.8 Å². The van der Waals surface area contributed by atoms with E-state index in [1.807, 2.05) is 0 Å². The first kappa shape index (κ1) is 22.8. The Hall–Kier alpha value is -2.20. The molecule has 0 aromatic carbocycles. The maximum atomic E-state index is 12.0. The minimum Gasteiger partial charge on any atom is -0.480 e.